The molecule has 0 aliphatic carbocycles. The van der Waals surface area contributed by atoms with Gasteiger partial charge in [0.1, 0.15) is 11.1 Å². The highest BCUT2D eigenvalue weighted by molar-refractivity contribution is 8.15. The fraction of sp³-hybridized carbons (Fsp3) is 0.160. The van der Waals surface area contributed by atoms with Crippen molar-refractivity contribution in [3.63, 3.8) is 0 Å². The van der Waals surface area contributed by atoms with Crippen LogP contribution in [0.2, 0.25) is 5.02 Å². The van der Waals surface area contributed by atoms with Crippen molar-refractivity contribution in [2.75, 3.05) is 11.9 Å². The van der Waals surface area contributed by atoms with E-state index in [9.17, 15) is 14.0 Å². The summed E-state index contributed by atoms with van der Waals surface area (Å²) in [7, 11) is 0. The number of anilines is 1. The van der Waals surface area contributed by atoms with Gasteiger partial charge < -0.3 is 5.32 Å². The van der Waals surface area contributed by atoms with E-state index in [-0.39, 0.29) is 24.1 Å². The molecule has 0 radical (unpaired) electrons. The van der Waals surface area contributed by atoms with Gasteiger partial charge in [-0.3, -0.25) is 14.5 Å². The number of hydrogen-bond acceptors (Lipinski definition) is 4. The molecule has 2 amide bonds. The van der Waals surface area contributed by atoms with Crippen LogP contribution in [-0.2, 0) is 16.0 Å². The lowest BCUT2D eigenvalue weighted by molar-refractivity contribution is -0.128. The zero-order chi connectivity index (χ0) is 23.2. The second kappa shape index (κ2) is 10.6. The highest BCUT2D eigenvalue weighted by Crippen LogP contribution is 2.32. The van der Waals surface area contributed by atoms with E-state index in [2.05, 4.69) is 10.3 Å². The van der Waals surface area contributed by atoms with E-state index in [1.807, 2.05) is 18.2 Å². The molecule has 0 saturated carbocycles. The number of benzene rings is 3. The molecule has 33 heavy (non-hydrogen) atoms. The predicted molar refractivity (Wildman–Crippen MR) is 131 cm³/mol. The maximum atomic E-state index is 13.2. The molecular formula is C25H21ClFN3O2S. The van der Waals surface area contributed by atoms with Gasteiger partial charge in [-0.2, -0.15) is 0 Å². The average molecular weight is 482 g/mol. The number of rotatable bonds is 7. The molecule has 1 atom stereocenters. The smallest absolute Gasteiger partial charge is 0.242 e. The monoisotopic (exact) mass is 481 g/mol. The second-order valence-corrected chi connectivity index (χ2v) is 9.07. The van der Waals surface area contributed by atoms with Crippen LogP contribution >= 0.6 is 23.4 Å². The van der Waals surface area contributed by atoms with Gasteiger partial charge in [0.25, 0.3) is 0 Å². The summed E-state index contributed by atoms with van der Waals surface area (Å²) in [6.07, 6.45) is 0.570. The summed E-state index contributed by atoms with van der Waals surface area (Å²) < 4.78 is 13.2. The van der Waals surface area contributed by atoms with Crippen molar-refractivity contribution in [1.82, 2.24) is 4.90 Å². The van der Waals surface area contributed by atoms with E-state index in [1.165, 1.54) is 23.9 Å². The number of para-hydroxylation sites is 1. The molecule has 3 aromatic carbocycles. The molecule has 0 aromatic heterocycles. The Morgan fingerprint density at radius 3 is 2.42 bits per heavy atom. The highest BCUT2D eigenvalue weighted by Gasteiger charge is 2.39. The third-order valence-electron chi connectivity index (χ3n) is 5.04. The number of thioether (sulfide) groups is 1. The van der Waals surface area contributed by atoms with Crippen LogP contribution in [0.25, 0.3) is 0 Å². The molecule has 1 N–H and O–H groups in total. The molecule has 0 bridgehead atoms. The Labute approximate surface area is 200 Å². The zero-order valence-electron chi connectivity index (χ0n) is 17.6. The molecule has 1 aliphatic rings. The molecule has 1 fully saturated rings. The van der Waals surface area contributed by atoms with E-state index in [4.69, 9.17) is 11.6 Å². The summed E-state index contributed by atoms with van der Waals surface area (Å²) in [5, 5.41) is 3.37. The summed E-state index contributed by atoms with van der Waals surface area (Å²) in [5.74, 6) is -0.711. The fourth-order valence-electron chi connectivity index (χ4n) is 3.35. The third-order valence-corrected chi connectivity index (χ3v) is 6.46. The molecule has 3 aromatic rings. The van der Waals surface area contributed by atoms with Gasteiger partial charge >= 0.3 is 0 Å². The molecule has 0 unspecified atom stereocenters. The van der Waals surface area contributed by atoms with Crippen LogP contribution in [0.5, 0.6) is 0 Å². The molecule has 8 heteroatoms. The lowest BCUT2D eigenvalue weighted by atomic mass is 10.1. The molecule has 1 saturated heterocycles. The van der Waals surface area contributed by atoms with E-state index >= 15 is 0 Å². The number of amidine groups is 1. The van der Waals surface area contributed by atoms with Crippen molar-refractivity contribution in [1.29, 1.82) is 0 Å². The molecule has 5 nitrogen and oxygen atoms in total. The average Bonchev–Trinajstić information content (AvgIpc) is 3.09. The summed E-state index contributed by atoms with van der Waals surface area (Å²) in [5.41, 5.74) is 2.25. The van der Waals surface area contributed by atoms with Crippen LogP contribution in [0, 0.1) is 5.82 Å². The lowest BCUT2D eigenvalue weighted by Gasteiger charge is -2.16. The van der Waals surface area contributed by atoms with Crippen LogP contribution in [0.4, 0.5) is 15.8 Å². The third kappa shape index (κ3) is 6.21. The minimum absolute atomic E-state index is 0.0328. The first-order valence-electron chi connectivity index (χ1n) is 10.4. The number of amides is 2. The van der Waals surface area contributed by atoms with Gasteiger partial charge in [0.15, 0.2) is 5.17 Å². The number of carbonyl (C=O) groups excluding carboxylic acids is 2. The molecule has 1 heterocycles. The van der Waals surface area contributed by atoms with Crippen molar-refractivity contribution in [2.45, 2.75) is 18.1 Å². The van der Waals surface area contributed by atoms with Gasteiger partial charge in [-0.1, -0.05) is 53.7 Å². The Bertz CT molecular complexity index is 1150. The van der Waals surface area contributed by atoms with Gasteiger partial charge in [0, 0.05) is 23.7 Å². The molecule has 4 rings (SSSR count). The first kappa shape index (κ1) is 23.0. The van der Waals surface area contributed by atoms with E-state index in [1.54, 1.807) is 53.4 Å². The van der Waals surface area contributed by atoms with E-state index < -0.39 is 5.25 Å². The van der Waals surface area contributed by atoms with Gasteiger partial charge in [-0.15, -0.1) is 0 Å². The Balaban J connectivity index is 1.50. The Morgan fingerprint density at radius 2 is 1.73 bits per heavy atom. The van der Waals surface area contributed by atoms with Crippen molar-refractivity contribution in [2.24, 2.45) is 4.99 Å². The van der Waals surface area contributed by atoms with Gasteiger partial charge in [0.2, 0.25) is 11.8 Å². The van der Waals surface area contributed by atoms with Crippen molar-refractivity contribution in [3.8, 4) is 0 Å². The van der Waals surface area contributed by atoms with Crippen molar-refractivity contribution >= 4 is 51.7 Å². The van der Waals surface area contributed by atoms with Crippen molar-refractivity contribution < 1.29 is 14.0 Å². The van der Waals surface area contributed by atoms with Crippen LogP contribution in [0.15, 0.2) is 83.9 Å². The lowest BCUT2D eigenvalue weighted by Crippen LogP contribution is -2.35. The number of carbonyl (C=O) groups is 2. The summed E-state index contributed by atoms with van der Waals surface area (Å²) in [6, 6.07) is 22.3. The minimum atomic E-state index is -0.576. The molecule has 1 aliphatic heterocycles. The number of halogens is 2. The van der Waals surface area contributed by atoms with E-state index in [0.29, 0.717) is 34.5 Å². The Kier molecular flexibility index (Phi) is 7.42. The molecule has 168 valence electrons. The first-order chi connectivity index (χ1) is 16.0. The standard InChI is InChI=1S/C25H21ClFN3O2S/c26-18-8-12-21(13-9-18)29-25-30(15-14-17-6-10-19(27)11-7-17)24(32)22(33-25)16-23(31)28-20-4-2-1-3-5-20/h1-13,22H,14-16H2,(H,28,31)/t22-/m1/s1. The fourth-order valence-corrected chi connectivity index (χ4v) is 4.66. The molecular weight excluding hydrogens is 461 g/mol. The minimum Gasteiger partial charge on any atom is -0.326 e. The molecule has 0 spiro atoms. The van der Waals surface area contributed by atoms with Crippen molar-refractivity contribution in [3.05, 3.63) is 95.3 Å². The normalized spacial score (nSPS) is 16.9. The zero-order valence-corrected chi connectivity index (χ0v) is 19.2. The van der Waals surface area contributed by atoms with E-state index in [0.717, 1.165) is 5.56 Å². The summed E-state index contributed by atoms with van der Waals surface area (Å²) >= 11 is 7.24. The van der Waals surface area contributed by atoms with Gasteiger partial charge in [0.05, 0.1) is 5.69 Å². The van der Waals surface area contributed by atoms with Crippen LogP contribution in [0.3, 0.4) is 0 Å². The van der Waals surface area contributed by atoms with Crippen LogP contribution in [0.1, 0.15) is 12.0 Å². The quantitative estimate of drug-likeness (QED) is 0.472. The summed E-state index contributed by atoms with van der Waals surface area (Å²) in [6.45, 7) is 0.376. The predicted octanol–water partition coefficient (Wildman–Crippen LogP) is 5.68. The number of aliphatic imine (C=N–C) groups is 1. The maximum absolute atomic E-state index is 13.2. The Morgan fingerprint density at radius 1 is 1.03 bits per heavy atom. The Hall–Kier alpha value is -3.16. The SMILES string of the molecule is O=C(C[C@H]1SC(=Nc2ccc(Cl)cc2)N(CCc2ccc(F)cc2)C1=O)Nc1ccccc1. The van der Waals surface area contributed by atoms with Crippen LogP contribution in [-0.4, -0.2) is 33.7 Å². The van der Waals surface area contributed by atoms with Gasteiger partial charge in [-0.05, 0) is 60.5 Å². The largest absolute Gasteiger partial charge is 0.326 e. The maximum Gasteiger partial charge on any atom is 0.242 e. The topological polar surface area (TPSA) is 61.8 Å². The van der Waals surface area contributed by atoms with Gasteiger partial charge in [-0.25, -0.2) is 9.38 Å². The highest BCUT2D eigenvalue weighted by atomic mass is 35.5. The number of nitrogens with zero attached hydrogens (tertiary/aromatic N) is 2. The summed E-state index contributed by atoms with van der Waals surface area (Å²) in [4.78, 5) is 32.0. The van der Waals surface area contributed by atoms with Crippen LogP contribution < -0.4 is 5.32 Å². The number of nitrogens with one attached hydrogen (secondary N) is 1. The second-order valence-electron chi connectivity index (χ2n) is 7.46. The first-order valence-corrected chi connectivity index (χ1v) is 11.7. The number of hydrogen-bond donors (Lipinski definition) is 1.